The number of likely N-dealkylation sites (tertiary alicyclic amines) is 1. The third kappa shape index (κ3) is 3.95. The fourth-order valence-electron chi connectivity index (χ4n) is 3.42. The molecule has 138 valence electrons. The molecule has 1 atom stereocenters. The van der Waals surface area contributed by atoms with Gasteiger partial charge in [0.05, 0.1) is 6.42 Å². The summed E-state index contributed by atoms with van der Waals surface area (Å²) < 4.78 is 15.1. The third-order valence-corrected chi connectivity index (χ3v) is 5.02. The van der Waals surface area contributed by atoms with Gasteiger partial charge in [-0.25, -0.2) is 4.39 Å². The van der Waals surface area contributed by atoms with E-state index in [1.807, 2.05) is 35.6 Å². The molecule has 0 saturated carbocycles. The fraction of sp³-hybridized carbons (Fsp3) is 0.400. The minimum Gasteiger partial charge on any atom is -0.354 e. The number of nitrogens with zero attached hydrogens (tertiary/aromatic N) is 2. The first-order chi connectivity index (χ1) is 12.5. The van der Waals surface area contributed by atoms with Gasteiger partial charge in [0.15, 0.2) is 0 Å². The number of aromatic nitrogens is 1. The van der Waals surface area contributed by atoms with E-state index in [1.54, 1.807) is 12.1 Å². The van der Waals surface area contributed by atoms with Crippen molar-refractivity contribution in [2.45, 2.75) is 32.2 Å². The van der Waals surface area contributed by atoms with Crippen molar-refractivity contribution in [3.8, 4) is 0 Å². The number of benzene rings is 1. The molecule has 1 fully saturated rings. The van der Waals surface area contributed by atoms with E-state index in [1.165, 1.54) is 12.1 Å². The lowest BCUT2D eigenvalue weighted by atomic mass is 10.1. The van der Waals surface area contributed by atoms with Crippen LogP contribution in [0.15, 0.2) is 36.4 Å². The smallest absolute Gasteiger partial charge is 0.270 e. The van der Waals surface area contributed by atoms with Crippen molar-refractivity contribution in [1.82, 2.24) is 14.8 Å². The standard InChI is InChI=1S/C20H24FN3O2/c1-14-8-9-18(23(14)2)20(26)24-10-4-7-17(24)13-22-19(25)12-15-5-3-6-16(21)11-15/h3,5-6,8-9,11,17H,4,7,10,12-13H2,1-2H3,(H,22,25). The first-order valence-corrected chi connectivity index (χ1v) is 8.90. The van der Waals surface area contributed by atoms with Gasteiger partial charge >= 0.3 is 0 Å². The quantitative estimate of drug-likeness (QED) is 0.894. The van der Waals surface area contributed by atoms with Gasteiger partial charge in [-0.1, -0.05) is 12.1 Å². The second kappa shape index (κ2) is 7.72. The highest BCUT2D eigenvalue weighted by atomic mass is 19.1. The summed E-state index contributed by atoms with van der Waals surface area (Å²) in [5, 5.41) is 2.89. The molecular formula is C20H24FN3O2. The van der Waals surface area contributed by atoms with Gasteiger partial charge in [0.2, 0.25) is 5.91 Å². The maximum absolute atomic E-state index is 13.2. The van der Waals surface area contributed by atoms with Crippen molar-refractivity contribution in [2.24, 2.45) is 7.05 Å². The van der Waals surface area contributed by atoms with Crippen LogP contribution < -0.4 is 5.32 Å². The second-order valence-corrected chi connectivity index (χ2v) is 6.82. The van der Waals surface area contributed by atoms with Crippen molar-refractivity contribution in [2.75, 3.05) is 13.1 Å². The zero-order valence-corrected chi connectivity index (χ0v) is 15.2. The van der Waals surface area contributed by atoms with Gasteiger partial charge in [-0.3, -0.25) is 9.59 Å². The Labute approximate surface area is 152 Å². The number of rotatable bonds is 5. The van der Waals surface area contributed by atoms with Gasteiger partial charge in [-0.05, 0) is 49.6 Å². The Hall–Kier alpha value is -2.63. The molecule has 6 heteroatoms. The van der Waals surface area contributed by atoms with E-state index in [0.717, 1.165) is 18.5 Å². The molecule has 1 saturated heterocycles. The van der Waals surface area contributed by atoms with Crippen LogP contribution in [-0.4, -0.2) is 40.4 Å². The molecule has 1 N–H and O–H groups in total. The number of carbonyl (C=O) groups excluding carboxylic acids is 2. The topological polar surface area (TPSA) is 54.3 Å². The van der Waals surface area contributed by atoms with Gasteiger partial charge in [0.25, 0.3) is 5.91 Å². The van der Waals surface area contributed by atoms with E-state index in [2.05, 4.69) is 5.32 Å². The summed E-state index contributed by atoms with van der Waals surface area (Å²) in [6.45, 7) is 3.08. The van der Waals surface area contributed by atoms with E-state index in [4.69, 9.17) is 0 Å². The average molecular weight is 357 g/mol. The van der Waals surface area contributed by atoms with Crippen molar-refractivity contribution in [3.05, 3.63) is 59.2 Å². The summed E-state index contributed by atoms with van der Waals surface area (Å²) in [5.74, 6) is -0.507. The predicted octanol–water partition coefficient (Wildman–Crippen LogP) is 2.44. The van der Waals surface area contributed by atoms with Crippen molar-refractivity contribution in [3.63, 3.8) is 0 Å². The molecule has 3 rings (SSSR count). The fourth-order valence-corrected chi connectivity index (χ4v) is 3.42. The highest BCUT2D eigenvalue weighted by molar-refractivity contribution is 5.93. The molecule has 2 heterocycles. The molecule has 1 aromatic carbocycles. The largest absolute Gasteiger partial charge is 0.354 e. The van der Waals surface area contributed by atoms with Crippen LogP contribution in [0, 0.1) is 12.7 Å². The molecule has 1 aromatic heterocycles. The second-order valence-electron chi connectivity index (χ2n) is 6.82. The van der Waals surface area contributed by atoms with Gasteiger partial charge in [-0.15, -0.1) is 0 Å². The maximum atomic E-state index is 13.2. The Bertz CT molecular complexity index is 815. The Balaban J connectivity index is 1.58. The first-order valence-electron chi connectivity index (χ1n) is 8.90. The van der Waals surface area contributed by atoms with Gasteiger partial charge < -0.3 is 14.8 Å². The van der Waals surface area contributed by atoms with Crippen LogP contribution in [0.4, 0.5) is 4.39 Å². The molecule has 1 aliphatic rings. The van der Waals surface area contributed by atoms with E-state index in [0.29, 0.717) is 24.3 Å². The van der Waals surface area contributed by atoms with Crippen LogP contribution >= 0.6 is 0 Å². The number of hydrogen-bond donors (Lipinski definition) is 1. The van der Waals surface area contributed by atoms with E-state index in [9.17, 15) is 14.0 Å². The van der Waals surface area contributed by atoms with E-state index >= 15 is 0 Å². The Kier molecular flexibility index (Phi) is 5.40. The summed E-state index contributed by atoms with van der Waals surface area (Å²) >= 11 is 0. The summed E-state index contributed by atoms with van der Waals surface area (Å²) in [6, 6.07) is 9.81. The minimum absolute atomic E-state index is 0.00230. The lowest BCUT2D eigenvalue weighted by Crippen LogP contribution is -2.44. The molecule has 2 aromatic rings. The first kappa shape index (κ1) is 18.2. The van der Waals surface area contributed by atoms with Crippen LogP contribution in [0.5, 0.6) is 0 Å². The van der Waals surface area contributed by atoms with Crippen molar-refractivity contribution in [1.29, 1.82) is 0 Å². The summed E-state index contributed by atoms with van der Waals surface area (Å²) in [5.41, 5.74) is 2.34. The number of halogens is 1. The van der Waals surface area contributed by atoms with E-state index < -0.39 is 0 Å². The molecule has 26 heavy (non-hydrogen) atoms. The Morgan fingerprint density at radius 3 is 2.77 bits per heavy atom. The molecule has 0 aliphatic carbocycles. The van der Waals surface area contributed by atoms with Crippen molar-refractivity contribution >= 4 is 11.8 Å². The number of hydrogen-bond acceptors (Lipinski definition) is 2. The Morgan fingerprint density at radius 1 is 1.27 bits per heavy atom. The van der Waals surface area contributed by atoms with Crippen LogP contribution in [0.25, 0.3) is 0 Å². The molecule has 0 bridgehead atoms. The summed E-state index contributed by atoms with van der Waals surface area (Å²) in [7, 11) is 1.88. The zero-order chi connectivity index (χ0) is 18.7. The number of amides is 2. The molecule has 1 aliphatic heterocycles. The monoisotopic (exact) mass is 357 g/mol. The number of aryl methyl sites for hydroxylation is 1. The van der Waals surface area contributed by atoms with Crippen LogP contribution in [-0.2, 0) is 18.3 Å². The van der Waals surface area contributed by atoms with Crippen LogP contribution in [0.1, 0.15) is 34.6 Å². The summed E-state index contributed by atoms with van der Waals surface area (Å²) in [6.07, 6.45) is 1.93. The highest BCUT2D eigenvalue weighted by Gasteiger charge is 2.30. The highest BCUT2D eigenvalue weighted by Crippen LogP contribution is 2.20. The maximum Gasteiger partial charge on any atom is 0.270 e. The predicted molar refractivity (Wildman–Crippen MR) is 97.3 cm³/mol. The van der Waals surface area contributed by atoms with Crippen molar-refractivity contribution < 1.29 is 14.0 Å². The molecule has 1 unspecified atom stereocenters. The van der Waals surface area contributed by atoms with Gasteiger partial charge in [0.1, 0.15) is 11.5 Å². The third-order valence-electron chi connectivity index (χ3n) is 5.02. The van der Waals surface area contributed by atoms with Gasteiger partial charge in [-0.2, -0.15) is 0 Å². The number of carbonyl (C=O) groups is 2. The number of nitrogens with one attached hydrogen (secondary N) is 1. The average Bonchev–Trinajstić information content (AvgIpc) is 3.20. The normalized spacial score (nSPS) is 16.7. The van der Waals surface area contributed by atoms with Crippen LogP contribution in [0.2, 0.25) is 0 Å². The molecule has 0 radical (unpaired) electrons. The molecular weight excluding hydrogens is 333 g/mol. The molecule has 2 amide bonds. The van der Waals surface area contributed by atoms with E-state index in [-0.39, 0.29) is 30.1 Å². The summed E-state index contributed by atoms with van der Waals surface area (Å²) in [4.78, 5) is 26.8. The lowest BCUT2D eigenvalue weighted by molar-refractivity contribution is -0.120. The molecule has 5 nitrogen and oxygen atoms in total. The van der Waals surface area contributed by atoms with Gasteiger partial charge in [0, 0.05) is 31.9 Å². The lowest BCUT2D eigenvalue weighted by Gasteiger charge is -2.25. The van der Waals surface area contributed by atoms with Crippen LogP contribution in [0.3, 0.4) is 0 Å². The Morgan fingerprint density at radius 2 is 2.08 bits per heavy atom. The minimum atomic E-state index is -0.347. The zero-order valence-electron chi connectivity index (χ0n) is 15.2. The SMILES string of the molecule is Cc1ccc(C(=O)N2CCCC2CNC(=O)Cc2cccc(F)c2)n1C. The molecule has 0 spiro atoms.